The molecule has 6 heteroatoms. The number of rotatable bonds is 6. The molecule has 1 amide bonds. The highest BCUT2D eigenvalue weighted by molar-refractivity contribution is 7.85. The van der Waals surface area contributed by atoms with Crippen molar-refractivity contribution in [1.82, 2.24) is 5.32 Å². The average molecular weight is 314 g/mol. The molecule has 0 spiro atoms. The summed E-state index contributed by atoms with van der Waals surface area (Å²) in [5, 5.41) is 11.6. The quantitative estimate of drug-likeness (QED) is 0.654. The predicted molar refractivity (Wildman–Crippen MR) is 83.0 cm³/mol. The van der Waals surface area contributed by atoms with Crippen molar-refractivity contribution in [2.75, 3.05) is 12.3 Å². The lowest BCUT2D eigenvalue weighted by Gasteiger charge is -2.04. The summed E-state index contributed by atoms with van der Waals surface area (Å²) in [5.41, 5.74) is -0.0551. The summed E-state index contributed by atoms with van der Waals surface area (Å²) in [6, 6.07) is 14.2. The van der Waals surface area contributed by atoms with Gasteiger partial charge in [-0.2, -0.15) is 5.26 Å². The third kappa shape index (κ3) is 4.43. The van der Waals surface area contributed by atoms with Gasteiger partial charge in [0.1, 0.15) is 17.4 Å². The fourth-order valence-corrected chi connectivity index (χ4v) is 2.69. The Balaban J connectivity index is 1.87. The second kappa shape index (κ2) is 7.96. The van der Waals surface area contributed by atoms with E-state index in [0.29, 0.717) is 10.7 Å². The van der Waals surface area contributed by atoms with Crippen molar-refractivity contribution in [3.8, 4) is 6.07 Å². The van der Waals surface area contributed by atoms with Gasteiger partial charge in [0.25, 0.3) is 5.91 Å². The van der Waals surface area contributed by atoms with Gasteiger partial charge in [0, 0.05) is 23.3 Å². The summed E-state index contributed by atoms with van der Waals surface area (Å²) >= 11 is 0. The van der Waals surface area contributed by atoms with E-state index in [1.165, 1.54) is 12.3 Å². The van der Waals surface area contributed by atoms with E-state index in [1.54, 1.807) is 24.3 Å². The first-order valence-electron chi connectivity index (χ1n) is 6.57. The largest absolute Gasteiger partial charge is 0.465 e. The van der Waals surface area contributed by atoms with Crippen molar-refractivity contribution in [2.24, 2.45) is 0 Å². The van der Waals surface area contributed by atoms with Crippen molar-refractivity contribution in [2.45, 2.75) is 4.90 Å². The number of amides is 1. The zero-order valence-corrected chi connectivity index (χ0v) is 12.5. The number of nitriles is 1. The molecule has 0 bridgehead atoms. The van der Waals surface area contributed by atoms with Gasteiger partial charge in [-0.25, -0.2) is 0 Å². The molecule has 1 N–H and O–H groups in total. The fraction of sp³-hybridized carbons (Fsp3) is 0.125. The van der Waals surface area contributed by atoms with E-state index in [0.717, 1.165) is 0 Å². The number of hydrogen-bond acceptors (Lipinski definition) is 4. The Labute approximate surface area is 130 Å². The number of nitrogens with one attached hydrogen (secondary N) is 1. The van der Waals surface area contributed by atoms with E-state index in [2.05, 4.69) is 5.32 Å². The molecule has 5 nitrogen and oxygen atoms in total. The summed E-state index contributed by atoms with van der Waals surface area (Å²) < 4.78 is 17.0. The van der Waals surface area contributed by atoms with Crippen molar-refractivity contribution in [3.05, 3.63) is 60.1 Å². The smallest absolute Gasteiger partial charge is 0.262 e. The third-order valence-corrected chi connectivity index (χ3v) is 4.15. The van der Waals surface area contributed by atoms with Crippen LogP contribution in [0, 0.1) is 11.3 Å². The number of furan rings is 1. The van der Waals surface area contributed by atoms with E-state index in [4.69, 9.17) is 9.68 Å². The van der Waals surface area contributed by atoms with Crippen LogP contribution in [-0.4, -0.2) is 22.4 Å². The third-order valence-electron chi connectivity index (χ3n) is 2.77. The van der Waals surface area contributed by atoms with Crippen LogP contribution in [0.1, 0.15) is 5.76 Å². The molecule has 112 valence electrons. The van der Waals surface area contributed by atoms with E-state index in [9.17, 15) is 9.00 Å². The van der Waals surface area contributed by atoms with E-state index >= 15 is 0 Å². The first-order valence-corrected chi connectivity index (χ1v) is 7.89. The topological polar surface area (TPSA) is 83.1 Å². The first-order chi connectivity index (χ1) is 10.7. The minimum absolute atomic E-state index is 0.0551. The molecule has 0 aliphatic heterocycles. The van der Waals surface area contributed by atoms with Crippen LogP contribution in [0.4, 0.5) is 0 Å². The molecule has 0 aliphatic carbocycles. The van der Waals surface area contributed by atoms with Crippen molar-refractivity contribution < 1.29 is 13.4 Å². The highest BCUT2D eigenvalue weighted by Crippen LogP contribution is 2.07. The Bertz CT molecular complexity index is 716. The van der Waals surface area contributed by atoms with Crippen LogP contribution in [0.25, 0.3) is 6.08 Å². The summed E-state index contributed by atoms with van der Waals surface area (Å²) in [7, 11) is -1.18. The number of carbonyl (C=O) groups is 1. The molecule has 0 fully saturated rings. The molecule has 0 aliphatic rings. The Morgan fingerprint density at radius 2 is 2.05 bits per heavy atom. The molecule has 2 aromatic rings. The van der Waals surface area contributed by atoms with Gasteiger partial charge in [-0.3, -0.25) is 9.00 Å². The summed E-state index contributed by atoms with van der Waals surface area (Å²) in [6.45, 7) is 0.220. The number of nitrogens with zero attached hydrogens (tertiary/aromatic N) is 1. The molecule has 1 aromatic heterocycles. The van der Waals surface area contributed by atoms with Gasteiger partial charge in [-0.1, -0.05) is 18.2 Å². The maximum atomic E-state index is 12.0. The maximum absolute atomic E-state index is 12.0. The maximum Gasteiger partial charge on any atom is 0.262 e. The molecule has 0 radical (unpaired) electrons. The van der Waals surface area contributed by atoms with E-state index < -0.39 is 16.7 Å². The van der Waals surface area contributed by atoms with Gasteiger partial charge >= 0.3 is 0 Å². The predicted octanol–water partition coefficient (Wildman–Crippen LogP) is 2.11. The fourth-order valence-electron chi connectivity index (χ4n) is 1.71. The van der Waals surface area contributed by atoms with Crippen molar-refractivity contribution in [1.29, 1.82) is 5.26 Å². The molecule has 22 heavy (non-hydrogen) atoms. The normalized spacial score (nSPS) is 12.4. The summed E-state index contributed by atoms with van der Waals surface area (Å²) in [6.07, 6.45) is 2.82. The molecule has 2 rings (SSSR count). The van der Waals surface area contributed by atoms with Crippen LogP contribution >= 0.6 is 0 Å². The Hall–Kier alpha value is -2.65. The van der Waals surface area contributed by atoms with E-state index in [1.807, 2.05) is 24.3 Å². The second-order valence-electron chi connectivity index (χ2n) is 4.30. The number of hydrogen-bond donors (Lipinski definition) is 1. The highest BCUT2D eigenvalue weighted by atomic mass is 32.2. The molecule has 1 atom stereocenters. The van der Waals surface area contributed by atoms with Gasteiger partial charge in [0.15, 0.2) is 0 Å². The first kappa shape index (κ1) is 15.7. The minimum atomic E-state index is -1.18. The second-order valence-corrected chi connectivity index (χ2v) is 5.87. The molecular formula is C16H14N2O3S. The monoisotopic (exact) mass is 314 g/mol. The minimum Gasteiger partial charge on any atom is -0.465 e. The van der Waals surface area contributed by atoms with Crippen molar-refractivity contribution >= 4 is 22.8 Å². The lowest BCUT2D eigenvalue weighted by atomic mass is 10.2. The van der Waals surface area contributed by atoms with Gasteiger partial charge < -0.3 is 9.73 Å². The highest BCUT2D eigenvalue weighted by Gasteiger charge is 2.10. The van der Waals surface area contributed by atoms with Crippen LogP contribution in [0.5, 0.6) is 0 Å². The Morgan fingerprint density at radius 1 is 1.27 bits per heavy atom. The average Bonchev–Trinajstić information content (AvgIpc) is 3.06. The van der Waals surface area contributed by atoms with Gasteiger partial charge in [-0.15, -0.1) is 0 Å². The van der Waals surface area contributed by atoms with Crippen LogP contribution in [0.3, 0.4) is 0 Å². The molecule has 1 unspecified atom stereocenters. The van der Waals surface area contributed by atoms with Crippen LogP contribution in [0.2, 0.25) is 0 Å². The molecule has 1 aromatic carbocycles. The SMILES string of the molecule is N#CC(=Cc1ccco1)C(=O)NCCS(=O)c1ccccc1. The van der Waals surface area contributed by atoms with E-state index in [-0.39, 0.29) is 17.9 Å². The molecule has 0 saturated carbocycles. The van der Waals surface area contributed by atoms with Crippen LogP contribution in [0.15, 0.2) is 63.6 Å². The van der Waals surface area contributed by atoms with Crippen molar-refractivity contribution in [3.63, 3.8) is 0 Å². The zero-order chi connectivity index (χ0) is 15.8. The Morgan fingerprint density at radius 3 is 2.68 bits per heavy atom. The van der Waals surface area contributed by atoms with Crippen LogP contribution in [-0.2, 0) is 15.6 Å². The Kier molecular flexibility index (Phi) is 5.69. The molecular weight excluding hydrogens is 300 g/mol. The summed E-state index contributed by atoms with van der Waals surface area (Å²) in [4.78, 5) is 12.6. The van der Waals surface area contributed by atoms with Crippen LogP contribution < -0.4 is 5.32 Å². The van der Waals surface area contributed by atoms with Gasteiger partial charge in [0.05, 0.1) is 17.1 Å². The number of carbonyl (C=O) groups excluding carboxylic acids is 1. The molecule has 1 heterocycles. The number of benzene rings is 1. The lowest BCUT2D eigenvalue weighted by molar-refractivity contribution is -0.116. The van der Waals surface area contributed by atoms with Gasteiger partial charge in [-0.05, 0) is 24.3 Å². The van der Waals surface area contributed by atoms with Gasteiger partial charge in [0.2, 0.25) is 0 Å². The lowest BCUT2D eigenvalue weighted by Crippen LogP contribution is -2.28. The standard InChI is InChI=1S/C16H14N2O3S/c17-12-13(11-14-5-4-9-21-14)16(19)18-8-10-22(20)15-6-2-1-3-7-15/h1-7,9,11H,8,10H2,(H,18,19). The summed E-state index contributed by atoms with van der Waals surface area (Å²) in [5.74, 6) is 0.207. The zero-order valence-electron chi connectivity index (χ0n) is 11.7. The molecule has 0 saturated heterocycles.